The van der Waals surface area contributed by atoms with Crippen molar-refractivity contribution in [3.8, 4) is 0 Å². The van der Waals surface area contributed by atoms with Crippen LogP contribution in [0.1, 0.15) is 40.7 Å². The molecule has 2 amide bonds. The average Bonchev–Trinajstić information content (AvgIpc) is 2.73. The first-order valence-corrected chi connectivity index (χ1v) is 9.91. The van der Waals surface area contributed by atoms with Gasteiger partial charge in [-0.3, -0.25) is 9.59 Å². The van der Waals surface area contributed by atoms with E-state index < -0.39 is 17.9 Å². The summed E-state index contributed by atoms with van der Waals surface area (Å²) in [5, 5.41) is 12.1. The largest absolute Gasteiger partial charge is 0.480 e. The predicted octanol–water partition coefficient (Wildman–Crippen LogP) is 3.50. The number of carboxylic acids is 1. The molecule has 0 fully saturated rings. The number of hydrogen-bond donors (Lipinski definition) is 2. The lowest BCUT2D eigenvalue weighted by atomic mass is 10.0. The van der Waals surface area contributed by atoms with Crippen LogP contribution in [0.5, 0.6) is 0 Å². The Hall–Kier alpha value is -3.06. The van der Waals surface area contributed by atoms with Crippen molar-refractivity contribution in [2.24, 2.45) is 0 Å². The van der Waals surface area contributed by atoms with Crippen LogP contribution in [0.3, 0.4) is 0 Å². The van der Waals surface area contributed by atoms with E-state index in [0.717, 1.165) is 24.0 Å². The zero-order valence-electron chi connectivity index (χ0n) is 17.9. The van der Waals surface area contributed by atoms with Crippen LogP contribution < -0.4 is 5.32 Å². The van der Waals surface area contributed by atoms with Crippen LogP contribution in [-0.2, 0) is 16.0 Å². The van der Waals surface area contributed by atoms with Gasteiger partial charge < -0.3 is 15.3 Å². The Kier molecular flexibility index (Phi) is 11.1. The second-order valence-electron chi connectivity index (χ2n) is 7.26. The van der Waals surface area contributed by atoms with Crippen molar-refractivity contribution < 1.29 is 19.5 Å². The molecule has 0 spiro atoms. The molecule has 166 valence electrons. The van der Waals surface area contributed by atoms with Gasteiger partial charge in [-0.2, -0.15) is 13.5 Å². The number of carbonyl (C=O) groups excluding carboxylic acids is 2. The Morgan fingerprint density at radius 3 is 2.42 bits per heavy atom. The molecule has 0 aliphatic carbocycles. The molecule has 0 unspecified atom stereocenters. The van der Waals surface area contributed by atoms with Gasteiger partial charge in [0.2, 0.25) is 5.91 Å². The van der Waals surface area contributed by atoms with Crippen molar-refractivity contribution >= 4 is 37.4 Å². The number of allylic oxidation sites excluding steroid dienone is 1. The van der Waals surface area contributed by atoms with Gasteiger partial charge in [0, 0.05) is 32.5 Å². The molecule has 0 saturated heterocycles. The normalized spacial score (nSPS) is 11.4. The summed E-state index contributed by atoms with van der Waals surface area (Å²) >= 11 is 0. The maximum absolute atomic E-state index is 12.6. The van der Waals surface area contributed by atoms with Gasteiger partial charge in [0.1, 0.15) is 6.04 Å². The fraction of sp³-hybridized carbons (Fsp3) is 0.292. The van der Waals surface area contributed by atoms with Crippen molar-refractivity contribution in [2.75, 3.05) is 14.1 Å². The second-order valence-corrected chi connectivity index (χ2v) is 7.26. The van der Waals surface area contributed by atoms with Crippen LogP contribution in [0, 0.1) is 0 Å². The molecule has 2 aromatic carbocycles. The number of benzene rings is 2. The van der Waals surface area contributed by atoms with Gasteiger partial charge in [-0.15, -0.1) is 0 Å². The van der Waals surface area contributed by atoms with Crippen LogP contribution >= 0.6 is 13.5 Å². The predicted molar refractivity (Wildman–Crippen MR) is 127 cm³/mol. The number of unbranched alkanes of at least 4 members (excludes halogenated alkanes) is 1. The van der Waals surface area contributed by atoms with Crippen LogP contribution in [0.15, 0.2) is 60.7 Å². The van der Waals surface area contributed by atoms with E-state index in [2.05, 4.69) is 5.32 Å². The van der Waals surface area contributed by atoms with Crippen molar-refractivity contribution in [2.45, 2.75) is 31.7 Å². The summed E-state index contributed by atoms with van der Waals surface area (Å²) in [4.78, 5) is 37.3. The smallest absolute Gasteiger partial charge is 0.326 e. The first-order chi connectivity index (χ1) is 14.4. The molecule has 2 aromatic rings. The minimum Gasteiger partial charge on any atom is -0.480 e. The van der Waals surface area contributed by atoms with Crippen LogP contribution in [0.4, 0.5) is 0 Å². The third-order valence-electron chi connectivity index (χ3n) is 4.61. The Bertz CT molecular complexity index is 897. The van der Waals surface area contributed by atoms with E-state index >= 15 is 0 Å². The van der Waals surface area contributed by atoms with E-state index in [9.17, 15) is 19.5 Å². The molecule has 0 saturated carbocycles. The highest BCUT2D eigenvalue weighted by molar-refractivity contribution is 7.59. The zero-order chi connectivity index (χ0) is 21.9. The number of nitrogens with zero attached hydrogens (tertiary/aromatic N) is 1. The summed E-state index contributed by atoms with van der Waals surface area (Å²) in [7, 11) is 3.48. The standard InChI is InChI=1S/C24H28N2O4.H2S/c1-26(2)22(27)15-8-4-7-10-18-13-9-14-20(16-18)23(28)25-21(24(29)30)17-19-11-5-3-6-12-19;/h3,5-7,9-14,16,21H,4,8,15,17H2,1-2H3,(H,25,28)(H,29,30);1H2/b10-7-;/t21-;/m0./s1. The summed E-state index contributed by atoms with van der Waals surface area (Å²) in [6, 6.07) is 15.2. The molecule has 0 radical (unpaired) electrons. The molecule has 0 aromatic heterocycles. The fourth-order valence-electron chi connectivity index (χ4n) is 2.89. The monoisotopic (exact) mass is 442 g/mol. The molecule has 0 aliphatic rings. The summed E-state index contributed by atoms with van der Waals surface area (Å²) in [6.45, 7) is 0. The maximum Gasteiger partial charge on any atom is 0.326 e. The van der Waals surface area contributed by atoms with Gasteiger partial charge in [-0.1, -0.05) is 54.6 Å². The van der Waals surface area contributed by atoms with Crippen LogP contribution in [-0.4, -0.2) is 47.9 Å². The van der Waals surface area contributed by atoms with Gasteiger partial charge in [0.25, 0.3) is 5.91 Å². The van der Waals surface area contributed by atoms with Crippen molar-refractivity contribution in [1.29, 1.82) is 0 Å². The van der Waals surface area contributed by atoms with E-state index in [1.165, 1.54) is 0 Å². The number of carboxylic acid groups (broad SMARTS) is 1. The summed E-state index contributed by atoms with van der Waals surface area (Å²) in [6.07, 6.45) is 6.09. The van der Waals surface area contributed by atoms with Crippen LogP contribution in [0.2, 0.25) is 0 Å². The summed E-state index contributed by atoms with van der Waals surface area (Å²) < 4.78 is 0. The maximum atomic E-state index is 12.6. The number of amides is 2. The zero-order valence-corrected chi connectivity index (χ0v) is 18.9. The van der Waals surface area contributed by atoms with Crippen molar-refractivity contribution in [3.05, 3.63) is 77.4 Å². The van der Waals surface area contributed by atoms with Crippen molar-refractivity contribution in [1.82, 2.24) is 10.2 Å². The highest BCUT2D eigenvalue weighted by atomic mass is 32.1. The highest BCUT2D eigenvalue weighted by Crippen LogP contribution is 2.10. The summed E-state index contributed by atoms with van der Waals surface area (Å²) in [5.41, 5.74) is 2.09. The van der Waals surface area contributed by atoms with E-state index in [0.29, 0.717) is 12.0 Å². The third-order valence-corrected chi connectivity index (χ3v) is 4.61. The molecule has 6 nitrogen and oxygen atoms in total. The van der Waals surface area contributed by atoms with Crippen LogP contribution in [0.25, 0.3) is 6.08 Å². The molecule has 7 heteroatoms. The van der Waals surface area contributed by atoms with Crippen molar-refractivity contribution in [3.63, 3.8) is 0 Å². The van der Waals surface area contributed by atoms with Gasteiger partial charge in [0.05, 0.1) is 0 Å². The van der Waals surface area contributed by atoms with E-state index in [4.69, 9.17) is 0 Å². The fourth-order valence-corrected chi connectivity index (χ4v) is 2.89. The second kappa shape index (κ2) is 13.3. The minimum absolute atomic E-state index is 0. The SMILES string of the molecule is CN(C)C(=O)CCC/C=C\c1cccc(C(=O)N[C@@H](Cc2ccccc2)C(=O)O)c1.S. The molecule has 2 rings (SSSR count). The van der Waals surface area contributed by atoms with E-state index in [-0.39, 0.29) is 25.8 Å². The highest BCUT2D eigenvalue weighted by Gasteiger charge is 2.21. The third kappa shape index (κ3) is 9.09. The first-order valence-electron chi connectivity index (χ1n) is 9.91. The van der Waals surface area contributed by atoms with E-state index in [1.807, 2.05) is 48.6 Å². The number of carbonyl (C=O) groups is 3. The van der Waals surface area contributed by atoms with Gasteiger partial charge in [-0.05, 0) is 36.1 Å². The lowest BCUT2D eigenvalue weighted by Gasteiger charge is -2.15. The lowest BCUT2D eigenvalue weighted by molar-refractivity contribution is -0.139. The summed E-state index contributed by atoms with van der Waals surface area (Å²) in [5.74, 6) is -1.40. The molecule has 31 heavy (non-hydrogen) atoms. The molecule has 2 N–H and O–H groups in total. The van der Waals surface area contributed by atoms with Gasteiger partial charge in [-0.25, -0.2) is 4.79 Å². The Balaban J connectivity index is 0.00000480. The number of nitrogens with one attached hydrogen (secondary N) is 1. The molecule has 1 atom stereocenters. The number of aliphatic carboxylic acids is 1. The quantitative estimate of drug-likeness (QED) is 0.552. The minimum atomic E-state index is -1.07. The number of rotatable bonds is 10. The van der Waals surface area contributed by atoms with Gasteiger partial charge >= 0.3 is 5.97 Å². The molecule has 0 heterocycles. The number of hydrogen-bond acceptors (Lipinski definition) is 3. The lowest BCUT2D eigenvalue weighted by Crippen LogP contribution is -2.42. The topological polar surface area (TPSA) is 86.7 Å². The molecule has 0 bridgehead atoms. The molecular formula is C24H30N2O4S. The van der Waals surface area contributed by atoms with Gasteiger partial charge in [0.15, 0.2) is 0 Å². The molecular weight excluding hydrogens is 412 g/mol. The Labute approximate surface area is 190 Å². The first kappa shape index (κ1) is 26.0. The molecule has 0 aliphatic heterocycles. The Morgan fingerprint density at radius 2 is 1.77 bits per heavy atom. The Morgan fingerprint density at radius 1 is 1.06 bits per heavy atom. The average molecular weight is 443 g/mol. The van der Waals surface area contributed by atoms with E-state index in [1.54, 1.807) is 37.2 Å².